The van der Waals surface area contributed by atoms with Gasteiger partial charge in [-0.15, -0.1) is 0 Å². The van der Waals surface area contributed by atoms with Crippen molar-refractivity contribution in [2.45, 2.75) is 6.42 Å². The van der Waals surface area contributed by atoms with E-state index in [1.807, 2.05) is 29.2 Å². The first-order valence-corrected chi connectivity index (χ1v) is 9.94. The van der Waals surface area contributed by atoms with Crippen molar-refractivity contribution < 1.29 is 17.6 Å². The molecule has 0 aliphatic carbocycles. The predicted octanol–water partition coefficient (Wildman–Crippen LogP) is 0.911. The summed E-state index contributed by atoms with van der Waals surface area (Å²) in [6.45, 7) is 2.40. The van der Waals surface area contributed by atoms with Gasteiger partial charge in [0.25, 0.3) is 6.01 Å². The summed E-state index contributed by atoms with van der Waals surface area (Å²) in [6, 6.07) is 8.19. The molecule has 1 aromatic heterocycles. The molecule has 1 atom stereocenters. The van der Waals surface area contributed by atoms with Crippen LogP contribution in [0.25, 0.3) is 11.1 Å². The number of carbonyl (C=O) groups is 1. The molecule has 128 valence electrons. The summed E-state index contributed by atoms with van der Waals surface area (Å²) in [6.07, 6.45) is 0.451. The van der Waals surface area contributed by atoms with E-state index in [9.17, 15) is 13.2 Å². The maximum absolute atomic E-state index is 12.5. The van der Waals surface area contributed by atoms with Gasteiger partial charge in [0.2, 0.25) is 5.91 Å². The van der Waals surface area contributed by atoms with Crippen LogP contribution in [0.1, 0.15) is 6.42 Å². The SMILES string of the molecule is O=C([C@H]1CCS(=O)(=O)C1)N1CCN(c2nc3ccccc3o2)CC1. The number of hydrogen-bond donors (Lipinski definition) is 0. The van der Waals surface area contributed by atoms with Crippen LogP contribution in [0.4, 0.5) is 6.01 Å². The summed E-state index contributed by atoms with van der Waals surface area (Å²) < 4.78 is 28.9. The van der Waals surface area contributed by atoms with Gasteiger partial charge >= 0.3 is 0 Å². The van der Waals surface area contributed by atoms with E-state index < -0.39 is 9.84 Å². The number of nitrogens with zero attached hydrogens (tertiary/aromatic N) is 3. The first kappa shape index (κ1) is 15.4. The second kappa shape index (κ2) is 5.77. The van der Waals surface area contributed by atoms with Crippen molar-refractivity contribution in [1.29, 1.82) is 0 Å². The van der Waals surface area contributed by atoms with Gasteiger partial charge in [-0.3, -0.25) is 4.79 Å². The van der Waals surface area contributed by atoms with Crippen molar-refractivity contribution >= 4 is 32.9 Å². The fourth-order valence-electron chi connectivity index (χ4n) is 3.36. The van der Waals surface area contributed by atoms with Gasteiger partial charge in [-0.05, 0) is 18.6 Å². The van der Waals surface area contributed by atoms with Crippen LogP contribution >= 0.6 is 0 Å². The minimum atomic E-state index is -3.03. The van der Waals surface area contributed by atoms with Crippen LogP contribution in [0, 0.1) is 5.92 Å². The molecule has 0 spiro atoms. The minimum Gasteiger partial charge on any atom is -0.423 e. The average molecular weight is 349 g/mol. The Hall–Kier alpha value is -2.09. The molecule has 4 rings (SSSR count). The molecule has 2 fully saturated rings. The second-order valence-corrected chi connectivity index (χ2v) is 8.61. The molecule has 2 aliphatic rings. The summed E-state index contributed by atoms with van der Waals surface area (Å²) in [5.74, 6) is -0.275. The van der Waals surface area contributed by atoms with Gasteiger partial charge in [0, 0.05) is 26.2 Å². The van der Waals surface area contributed by atoms with E-state index in [1.54, 1.807) is 4.90 Å². The second-order valence-electron chi connectivity index (χ2n) is 6.38. The zero-order valence-electron chi connectivity index (χ0n) is 13.2. The van der Waals surface area contributed by atoms with Crippen molar-refractivity contribution in [2.75, 3.05) is 42.6 Å². The van der Waals surface area contributed by atoms with Gasteiger partial charge in [0.1, 0.15) is 5.52 Å². The Morgan fingerprint density at radius 2 is 1.92 bits per heavy atom. The van der Waals surface area contributed by atoms with Crippen LogP contribution in [-0.4, -0.2) is 61.9 Å². The number of carbonyl (C=O) groups excluding carboxylic acids is 1. The van der Waals surface area contributed by atoms with Gasteiger partial charge in [-0.2, -0.15) is 4.98 Å². The number of para-hydroxylation sites is 2. The van der Waals surface area contributed by atoms with E-state index >= 15 is 0 Å². The Labute approximate surface area is 140 Å². The summed E-state index contributed by atoms with van der Waals surface area (Å²) in [5, 5.41) is 0. The highest BCUT2D eigenvalue weighted by Crippen LogP contribution is 2.24. The monoisotopic (exact) mass is 349 g/mol. The van der Waals surface area contributed by atoms with E-state index in [2.05, 4.69) is 4.98 Å². The third kappa shape index (κ3) is 2.86. The molecule has 8 heteroatoms. The van der Waals surface area contributed by atoms with Crippen molar-refractivity contribution in [3.8, 4) is 0 Å². The molecule has 1 aromatic carbocycles. The van der Waals surface area contributed by atoms with E-state index in [-0.39, 0.29) is 23.3 Å². The number of aromatic nitrogens is 1. The number of benzene rings is 1. The smallest absolute Gasteiger partial charge is 0.298 e. The zero-order valence-corrected chi connectivity index (χ0v) is 14.0. The largest absolute Gasteiger partial charge is 0.423 e. The molecule has 24 heavy (non-hydrogen) atoms. The van der Waals surface area contributed by atoms with Crippen LogP contribution in [-0.2, 0) is 14.6 Å². The molecule has 1 amide bonds. The minimum absolute atomic E-state index is 0.00280. The number of amides is 1. The fraction of sp³-hybridized carbons (Fsp3) is 0.500. The maximum atomic E-state index is 12.5. The summed E-state index contributed by atoms with van der Waals surface area (Å²) >= 11 is 0. The van der Waals surface area contributed by atoms with Crippen molar-refractivity contribution in [3.05, 3.63) is 24.3 Å². The number of hydrogen-bond acceptors (Lipinski definition) is 6. The van der Waals surface area contributed by atoms with Gasteiger partial charge in [0.15, 0.2) is 15.4 Å². The van der Waals surface area contributed by atoms with E-state index in [1.165, 1.54) is 0 Å². The lowest BCUT2D eigenvalue weighted by molar-refractivity contribution is -0.135. The highest BCUT2D eigenvalue weighted by Gasteiger charge is 2.36. The van der Waals surface area contributed by atoms with Crippen LogP contribution in [0.5, 0.6) is 0 Å². The highest BCUT2D eigenvalue weighted by molar-refractivity contribution is 7.91. The van der Waals surface area contributed by atoms with Crippen LogP contribution in [0.3, 0.4) is 0 Å². The van der Waals surface area contributed by atoms with Crippen molar-refractivity contribution in [1.82, 2.24) is 9.88 Å². The molecule has 0 radical (unpaired) electrons. The van der Waals surface area contributed by atoms with Crippen molar-refractivity contribution in [2.24, 2.45) is 5.92 Å². The van der Waals surface area contributed by atoms with Gasteiger partial charge in [-0.25, -0.2) is 8.42 Å². The Bertz CT molecular complexity index is 835. The molecule has 0 bridgehead atoms. The first-order chi connectivity index (χ1) is 11.5. The van der Waals surface area contributed by atoms with Gasteiger partial charge in [0.05, 0.1) is 17.4 Å². The quantitative estimate of drug-likeness (QED) is 0.801. The Balaban J connectivity index is 1.40. The third-order valence-electron chi connectivity index (χ3n) is 4.73. The lowest BCUT2D eigenvalue weighted by Gasteiger charge is -2.35. The van der Waals surface area contributed by atoms with Gasteiger partial charge < -0.3 is 14.2 Å². The molecule has 2 aliphatic heterocycles. The van der Waals surface area contributed by atoms with E-state index in [0.717, 1.165) is 11.1 Å². The molecular weight excluding hydrogens is 330 g/mol. The molecule has 0 saturated carbocycles. The highest BCUT2D eigenvalue weighted by atomic mass is 32.2. The molecule has 3 heterocycles. The van der Waals surface area contributed by atoms with Crippen LogP contribution in [0.15, 0.2) is 28.7 Å². The summed E-state index contributed by atoms with van der Waals surface area (Å²) in [4.78, 5) is 20.7. The lowest BCUT2D eigenvalue weighted by Crippen LogP contribution is -2.50. The molecule has 0 unspecified atom stereocenters. The average Bonchev–Trinajstić information content (AvgIpc) is 3.17. The number of fused-ring (bicyclic) bond motifs is 1. The molecule has 0 N–H and O–H groups in total. The number of anilines is 1. The summed E-state index contributed by atoms with van der Waals surface area (Å²) in [7, 11) is -3.03. The maximum Gasteiger partial charge on any atom is 0.298 e. The van der Waals surface area contributed by atoms with Crippen LogP contribution in [0.2, 0.25) is 0 Å². The fourth-order valence-corrected chi connectivity index (χ4v) is 5.09. The Morgan fingerprint density at radius 1 is 1.17 bits per heavy atom. The molecule has 7 nitrogen and oxygen atoms in total. The summed E-state index contributed by atoms with van der Waals surface area (Å²) in [5.41, 5.74) is 1.57. The number of piperazine rings is 1. The van der Waals surface area contributed by atoms with E-state index in [0.29, 0.717) is 38.6 Å². The third-order valence-corrected chi connectivity index (χ3v) is 6.49. The number of oxazole rings is 1. The lowest BCUT2D eigenvalue weighted by atomic mass is 10.1. The molecular formula is C16H19N3O4S. The Kier molecular flexibility index (Phi) is 3.71. The first-order valence-electron chi connectivity index (χ1n) is 8.11. The van der Waals surface area contributed by atoms with Gasteiger partial charge in [-0.1, -0.05) is 12.1 Å². The molecule has 2 aromatic rings. The standard InChI is InChI=1S/C16H19N3O4S/c20-15(12-5-10-24(21,22)11-12)18-6-8-19(9-7-18)16-17-13-3-1-2-4-14(13)23-16/h1-4,12H,5-11H2/t12-/m0/s1. The predicted molar refractivity (Wildman–Crippen MR) is 89.6 cm³/mol. The topological polar surface area (TPSA) is 83.7 Å². The van der Waals surface area contributed by atoms with E-state index in [4.69, 9.17) is 4.42 Å². The Morgan fingerprint density at radius 3 is 2.58 bits per heavy atom. The van der Waals surface area contributed by atoms with Crippen molar-refractivity contribution in [3.63, 3.8) is 0 Å². The zero-order chi connectivity index (χ0) is 16.7. The number of rotatable bonds is 2. The normalized spacial score (nSPS) is 23.8. The van der Waals surface area contributed by atoms with Crippen LogP contribution < -0.4 is 4.90 Å². The molecule has 2 saturated heterocycles. The number of sulfone groups is 1.